The van der Waals surface area contributed by atoms with Gasteiger partial charge in [0.25, 0.3) is 0 Å². The largest absolute Gasteiger partial charge is 0.382 e. The molecule has 0 amide bonds. The molecule has 0 saturated carbocycles. The smallest absolute Gasteiger partial charge is 0.250 e. The molecule has 3 N–H and O–H groups in total. The molecule has 0 aliphatic rings. The number of rotatable bonds is 1. The second kappa shape index (κ2) is 2.78. The first-order valence-corrected chi connectivity index (χ1v) is 3.76. The van der Waals surface area contributed by atoms with Crippen LogP contribution in [0.4, 0.5) is 5.82 Å². The summed E-state index contributed by atoms with van der Waals surface area (Å²) in [5.41, 5.74) is 5.97. The SMILES string of the molecule is Nc1ccn(-c2cc[nH]c(=O)c2)n1. The number of H-pyrrole nitrogens is 1. The number of anilines is 1. The minimum atomic E-state index is -0.161. The van der Waals surface area contributed by atoms with Crippen molar-refractivity contribution in [2.75, 3.05) is 5.73 Å². The van der Waals surface area contributed by atoms with E-state index >= 15 is 0 Å². The van der Waals surface area contributed by atoms with Gasteiger partial charge in [-0.25, -0.2) is 4.68 Å². The van der Waals surface area contributed by atoms with Gasteiger partial charge in [-0.15, -0.1) is 0 Å². The van der Waals surface area contributed by atoms with Crippen molar-refractivity contribution < 1.29 is 0 Å². The Morgan fingerprint density at radius 3 is 2.92 bits per heavy atom. The molecule has 0 radical (unpaired) electrons. The Morgan fingerprint density at radius 1 is 1.46 bits per heavy atom. The van der Waals surface area contributed by atoms with Gasteiger partial charge in [-0.1, -0.05) is 0 Å². The summed E-state index contributed by atoms with van der Waals surface area (Å²) < 4.78 is 1.55. The second-order valence-electron chi connectivity index (χ2n) is 2.60. The molecule has 66 valence electrons. The number of nitrogens with two attached hydrogens (primary N) is 1. The Kier molecular flexibility index (Phi) is 1.63. The van der Waals surface area contributed by atoms with Crippen LogP contribution in [0.1, 0.15) is 0 Å². The third kappa shape index (κ3) is 1.44. The molecule has 0 bridgehead atoms. The molecular weight excluding hydrogens is 168 g/mol. The van der Waals surface area contributed by atoms with E-state index in [9.17, 15) is 4.79 Å². The van der Waals surface area contributed by atoms with Crippen LogP contribution in [-0.2, 0) is 0 Å². The first-order chi connectivity index (χ1) is 6.25. The van der Waals surface area contributed by atoms with E-state index in [1.807, 2.05) is 0 Å². The van der Waals surface area contributed by atoms with Crippen LogP contribution < -0.4 is 11.3 Å². The van der Waals surface area contributed by atoms with Crippen LogP contribution in [0.15, 0.2) is 35.4 Å². The molecular formula is C8H8N4O. The predicted octanol–water partition coefficient (Wildman–Crippen LogP) is 0.143. The summed E-state index contributed by atoms with van der Waals surface area (Å²) in [6.07, 6.45) is 3.26. The van der Waals surface area contributed by atoms with Gasteiger partial charge in [-0.05, 0) is 6.07 Å². The van der Waals surface area contributed by atoms with Crippen molar-refractivity contribution in [1.29, 1.82) is 0 Å². The molecule has 2 aromatic heterocycles. The van der Waals surface area contributed by atoms with E-state index in [0.29, 0.717) is 11.5 Å². The zero-order valence-corrected chi connectivity index (χ0v) is 6.77. The van der Waals surface area contributed by atoms with Crippen LogP contribution in [0.3, 0.4) is 0 Å². The van der Waals surface area contributed by atoms with E-state index in [1.165, 1.54) is 6.07 Å². The predicted molar refractivity (Wildman–Crippen MR) is 48.6 cm³/mol. The lowest BCUT2D eigenvalue weighted by Gasteiger charge is -1.97. The van der Waals surface area contributed by atoms with Crippen LogP contribution in [0.5, 0.6) is 0 Å². The summed E-state index contributed by atoms with van der Waals surface area (Å²) in [7, 11) is 0. The molecule has 0 aliphatic carbocycles. The van der Waals surface area contributed by atoms with Crippen molar-refractivity contribution >= 4 is 5.82 Å². The van der Waals surface area contributed by atoms with E-state index in [2.05, 4.69) is 10.1 Å². The van der Waals surface area contributed by atoms with Crippen LogP contribution >= 0.6 is 0 Å². The maximum absolute atomic E-state index is 10.9. The van der Waals surface area contributed by atoms with E-state index in [0.717, 1.165) is 0 Å². The molecule has 0 atom stereocenters. The topological polar surface area (TPSA) is 76.7 Å². The van der Waals surface area contributed by atoms with Crippen molar-refractivity contribution in [2.45, 2.75) is 0 Å². The minimum Gasteiger partial charge on any atom is -0.382 e. The summed E-state index contributed by atoms with van der Waals surface area (Å²) in [4.78, 5) is 13.5. The van der Waals surface area contributed by atoms with Crippen LogP contribution in [0.2, 0.25) is 0 Å². The first kappa shape index (κ1) is 7.60. The Morgan fingerprint density at radius 2 is 2.31 bits per heavy atom. The van der Waals surface area contributed by atoms with Crippen LogP contribution in [0.25, 0.3) is 5.69 Å². The zero-order chi connectivity index (χ0) is 9.26. The van der Waals surface area contributed by atoms with Gasteiger partial charge in [0.1, 0.15) is 5.82 Å². The Hall–Kier alpha value is -2.04. The maximum Gasteiger partial charge on any atom is 0.250 e. The minimum absolute atomic E-state index is 0.161. The molecule has 2 heterocycles. The fourth-order valence-corrected chi connectivity index (χ4v) is 1.06. The molecule has 2 rings (SSSR count). The molecule has 0 aliphatic heterocycles. The van der Waals surface area contributed by atoms with Crippen molar-refractivity contribution in [2.24, 2.45) is 0 Å². The molecule has 0 saturated heterocycles. The van der Waals surface area contributed by atoms with Gasteiger partial charge in [0.15, 0.2) is 0 Å². The molecule has 0 fully saturated rings. The Bertz CT molecular complexity index is 471. The number of hydrogen-bond donors (Lipinski definition) is 2. The van der Waals surface area contributed by atoms with Crippen molar-refractivity contribution in [3.8, 4) is 5.69 Å². The van der Waals surface area contributed by atoms with Gasteiger partial charge >= 0.3 is 0 Å². The Balaban J connectivity index is 2.52. The molecule has 13 heavy (non-hydrogen) atoms. The van der Waals surface area contributed by atoms with Crippen molar-refractivity contribution in [3.63, 3.8) is 0 Å². The lowest BCUT2D eigenvalue weighted by Crippen LogP contribution is -2.06. The summed E-state index contributed by atoms with van der Waals surface area (Å²) >= 11 is 0. The summed E-state index contributed by atoms with van der Waals surface area (Å²) in [5.74, 6) is 0.431. The fraction of sp³-hybridized carbons (Fsp3) is 0. The fourth-order valence-electron chi connectivity index (χ4n) is 1.06. The number of aromatic amines is 1. The van der Waals surface area contributed by atoms with Gasteiger partial charge in [0.05, 0.1) is 5.69 Å². The van der Waals surface area contributed by atoms with E-state index in [-0.39, 0.29) is 5.56 Å². The number of pyridine rings is 1. The maximum atomic E-state index is 10.9. The lowest BCUT2D eigenvalue weighted by molar-refractivity contribution is 0.880. The molecule has 0 spiro atoms. The number of nitrogen functional groups attached to an aromatic ring is 1. The van der Waals surface area contributed by atoms with E-state index in [1.54, 1.807) is 29.2 Å². The summed E-state index contributed by atoms with van der Waals surface area (Å²) in [6, 6.07) is 4.86. The summed E-state index contributed by atoms with van der Waals surface area (Å²) in [6.45, 7) is 0. The van der Waals surface area contributed by atoms with Gasteiger partial charge in [-0.2, -0.15) is 5.10 Å². The highest BCUT2D eigenvalue weighted by Crippen LogP contribution is 2.04. The van der Waals surface area contributed by atoms with Gasteiger partial charge in [0.2, 0.25) is 5.56 Å². The monoisotopic (exact) mass is 176 g/mol. The second-order valence-corrected chi connectivity index (χ2v) is 2.60. The number of aromatic nitrogens is 3. The highest BCUT2D eigenvalue weighted by Gasteiger charge is 1.97. The van der Waals surface area contributed by atoms with Crippen molar-refractivity contribution in [1.82, 2.24) is 14.8 Å². The number of hydrogen-bond acceptors (Lipinski definition) is 3. The zero-order valence-electron chi connectivity index (χ0n) is 6.77. The number of nitrogens with zero attached hydrogens (tertiary/aromatic N) is 2. The summed E-state index contributed by atoms with van der Waals surface area (Å²) in [5, 5.41) is 3.96. The van der Waals surface area contributed by atoms with Crippen molar-refractivity contribution in [3.05, 3.63) is 40.9 Å². The lowest BCUT2D eigenvalue weighted by atomic mass is 10.4. The normalized spacial score (nSPS) is 10.2. The molecule has 5 heteroatoms. The molecule has 2 aromatic rings. The Labute approximate surface area is 73.8 Å². The number of nitrogens with one attached hydrogen (secondary N) is 1. The molecule has 0 aromatic carbocycles. The third-order valence-corrected chi connectivity index (χ3v) is 1.63. The van der Waals surface area contributed by atoms with Crippen LogP contribution in [-0.4, -0.2) is 14.8 Å². The quantitative estimate of drug-likeness (QED) is 0.649. The van der Waals surface area contributed by atoms with E-state index < -0.39 is 0 Å². The highest BCUT2D eigenvalue weighted by atomic mass is 16.1. The van der Waals surface area contributed by atoms with Gasteiger partial charge in [-0.3, -0.25) is 4.79 Å². The van der Waals surface area contributed by atoms with E-state index in [4.69, 9.17) is 5.73 Å². The van der Waals surface area contributed by atoms with Gasteiger partial charge in [0, 0.05) is 24.5 Å². The van der Waals surface area contributed by atoms with Crippen LogP contribution in [0, 0.1) is 0 Å². The third-order valence-electron chi connectivity index (χ3n) is 1.63. The average Bonchev–Trinajstić information content (AvgIpc) is 2.52. The van der Waals surface area contributed by atoms with Gasteiger partial charge < -0.3 is 10.7 Å². The highest BCUT2D eigenvalue weighted by molar-refractivity contribution is 5.32. The first-order valence-electron chi connectivity index (χ1n) is 3.76. The average molecular weight is 176 g/mol. The molecule has 5 nitrogen and oxygen atoms in total. The standard InChI is InChI=1S/C8H8N4O/c9-7-2-4-12(11-7)6-1-3-10-8(13)5-6/h1-5H,(H2,9,11)(H,10,13). The molecule has 0 unspecified atom stereocenters.